The molecule has 1 unspecified atom stereocenters. The summed E-state index contributed by atoms with van der Waals surface area (Å²) in [7, 11) is 0. The van der Waals surface area contributed by atoms with Crippen molar-refractivity contribution in [1.82, 2.24) is 4.98 Å². The number of carbonyl (C=O) groups excluding carboxylic acids is 1. The molecular weight excluding hydrogens is 244 g/mol. The maximum atomic E-state index is 11.5. The molecule has 0 radical (unpaired) electrons. The van der Waals surface area contributed by atoms with E-state index in [1.807, 2.05) is 6.07 Å². The fourth-order valence-electron chi connectivity index (χ4n) is 2.11. The molecule has 0 amide bonds. The zero-order chi connectivity index (χ0) is 13.7. The van der Waals surface area contributed by atoms with Crippen LogP contribution in [0.4, 0.5) is 5.82 Å². The van der Waals surface area contributed by atoms with Crippen LogP contribution in [0.1, 0.15) is 30.6 Å². The first-order valence-corrected chi connectivity index (χ1v) is 6.70. The number of pyridine rings is 1. The SMILES string of the molecule is CCOC(=O)c1ccc(N2CCCOC(C)C2)nc1. The summed E-state index contributed by atoms with van der Waals surface area (Å²) in [6, 6.07) is 3.63. The Bertz CT molecular complexity index is 419. The summed E-state index contributed by atoms with van der Waals surface area (Å²) >= 11 is 0. The molecule has 1 saturated heterocycles. The van der Waals surface area contributed by atoms with Crippen LogP contribution >= 0.6 is 0 Å². The van der Waals surface area contributed by atoms with Gasteiger partial charge in [-0.1, -0.05) is 0 Å². The molecule has 1 aromatic heterocycles. The highest BCUT2D eigenvalue weighted by atomic mass is 16.5. The van der Waals surface area contributed by atoms with Crippen LogP contribution < -0.4 is 4.90 Å². The number of carbonyl (C=O) groups is 1. The van der Waals surface area contributed by atoms with Gasteiger partial charge in [-0.2, -0.15) is 0 Å². The molecule has 2 rings (SSSR count). The van der Waals surface area contributed by atoms with Crippen molar-refractivity contribution >= 4 is 11.8 Å². The third-order valence-electron chi connectivity index (χ3n) is 3.04. The molecule has 1 aromatic rings. The van der Waals surface area contributed by atoms with Gasteiger partial charge in [-0.15, -0.1) is 0 Å². The average Bonchev–Trinajstić information content (AvgIpc) is 2.64. The second-order valence-electron chi connectivity index (χ2n) is 4.61. The number of rotatable bonds is 3. The first-order valence-electron chi connectivity index (χ1n) is 6.70. The minimum absolute atomic E-state index is 0.203. The highest BCUT2D eigenvalue weighted by molar-refractivity contribution is 5.89. The molecule has 5 heteroatoms. The highest BCUT2D eigenvalue weighted by Gasteiger charge is 2.16. The standard InChI is InChI=1S/C14H20N2O3/c1-3-18-14(17)12-5-6-13(15-9-12)16-7-4-8-19-11(2)10-16/h5-6,9,11H,3-4,7-8,10H2,1-2H3. The largest absolute Gasteiger partial charge is 0.462 e. The zero-order valence-corrected chi connectivity index (χ0v) is 11.5. The predicted octanol–water partition coefficient (Wildman–Crippen LogP) is 1.87. The van der Waals surface area contributed by atoms with Gasteiger partial charge in [-0.25, -0.2) is 9.78 Å². The number of hydrogen-bond acceptors (Lipinski definition) is 5. The predicted molar refractivity (Wildman–Crippen MR) is 72.4 cm³/mol. The second-order valence-corrected chi connectivity index (χ2v) is 4.61. The third kappa shape index (κ3) is 3.67. The lowest BCUT2D eigenvalue weighted by molar-refractivity contribution is 0.0526. The Balaban J connectivity index is 2.06. The van der Waals surface area contributed by atoms with E-state index in [-0.39, 0.29) is 12.1 Å². The van der Waals surface area contributed by atoms with Crippen molar-refractivity contribution in [1.29, 1.82) is 0 Å². The minimum atomic E-state index is -0.325. The number of anilines is 1. The van der Waals surface area contributed by atoms with E-state index >= 15 is 0 Å². The average molecular weight is 264 g/mol. The van der Waals surface area contributed by atoms with Crippen molar-refractivity contribution in [3.05, 3.63) is 23.9 Å². The van der Waals surface area contributed by atoms with E-state index in [0.29, 0.717) is 12.2 Å². The Kier molecular flexibility index (Phi) is 4.74. The van der Waals surface area contributed by atoms with E-state index in [1.165, 1.54) is 0 Å². The topological polar surface area (TPSA) is 51.7 Å². The molecule has 104 valence electrons. The number of ether oxygens (including phenoxy) is 2. The monoisotopic (exact) mass is 264 g/mol. The van der Waals surface area contributed by atoms with Crippen LogP contribution in [0.3, 0.4) is 0 Å². The molecule has 0 saturated carbocycles. The van der Waals surface area contributed by atoms with Crippen LogP contribution in [0.5, 0.6) is 0 Å². The molecule has 1 aliphatic heterocycles. The van der Waals surface area contributed by atoms with Gasteiger partial charge in [0.1, 0.15) is 5.82 Å². The van der Waals surface area contributed by atoms with Gasteiger partial charge < -0.3 is 14.4 Å². The van der Waals surface area contributed by atoms with Crippen LogP contribution in [-0.2, 0) is 9.47 Å². The van der Waals surface area contributed by atoms with Gasteiger partial charge >= 0.3 is 5.97 Å². The number of nitrogens with zero attached hydrogens (tertiary/aromatic N) is 2. The summed E-state index contributed by atoms with van der Waals surface area (Å²) in [4.78, 5) is 18.1. The highest BCUT2D eigenvalue weighted by Crippen LogP contribution is 2.16. The fraction of sp³-hybridized carbons (Fsp3) is 0.571. The zero-order valence-electron chi connectivity index (χ0n) is 11.5. The Hall–Kier alpha value is -1.62. The summed E-state index contributed by atoms with van der Waals surface area (Å²) in [6.07, 6.45) is 2.77. The smallest absolute Gasteiger partial charge is 0.339 e. The number of hydrogen-bond donors (Lipinski definition) is 0. The molecule has 1 fully saturated rings. The van der Waals surface area contributed by atoms with Gasteiger partial charge in [0.2, 0.25) is 0 Å². The van der Waals surface area contributed by atoms with E-state index < -0.39 is 0 Å². The van der Waals surface area contributed by atoms with Crippen LogP contribution in [0.15, 0.2) is 18.3 Å². The molecule has 1 aliphatic rings. The van der Waals surface area contributed by atoms with Gasteiger partial charge in [0.15, 0.2) is 0 Å². The summed E-state index contributed by atoms with van der Waals surface area (Å²) in [5.41, 5.74) is 0.490. The molecule has 0 aliphatic carbocycles. The van der Waals surface area contributed by atoms with Gasteiger partial charge in [0.05, 0.1) is 18.3 Å². The summed E-state index contributed by atoms with van der Waals surface area (Å²) in [6.45, 7) is 6.77. The Labute approximate surface area is 113 Å². The summed E-state index contributed by atoms with van der Waals surface area (Å²) in [5.74, 6) is 0.555. The van der Waals surface area contributed by atoms with Crippen molar-refractivity contribution < 1.29 is 14.3 Å². The Morgan fingerprint density at radius 3 is 3.11 bits per heavy atom. The van der Waals surface area contributed by atoms with E-state index in [4.69, 9.17) is 9.47 Å². The van der Waals surface area contributed by atoms with Crippen LogP contribution in [0, 0.1) is 0 Å². The van der Waals surface area contributed by atoms with Gasteiger partial charge in [-0.3, -0.25) is 0 Å². The molecule has 1 atom stereocenters. The minimum Gasteiger partial charge on any atom is -0.462 e. The van der Waals surface area contributed by atoms with E-state index in [1.54, 1.807) is 19.2 Å². The molecule has 0 aromatic carbocycles. The molecule has 5 nitrogen and oxygen atoms in total. The van der Waals surface area contributed by atoms with Crippen molar-refractivity contribution in [2.24, 2.45) is 0 Å². The molecule has 0 N–H and O–H groups in total. The number of esters is 1. The van der Waals surface area contributed by atoms with Crippen molar-refractivity contribution in [3.8, 4) is 0 Å². The number of aromatic nitrogens is 1. The van der Waals surface area contributed by atoms with Crippen LogP contribution in [0.2, 0.25) is 0 Å². The lowest BCUT2D eigenvalue weighted by atomic mass is 10.2. The molecule has 0 bridgehead atoms. The van der Waals surface area contributed by atoms with Crippen LogP contribution in [0.25, 0.3) is 0 Å². The van der Waals surface area contributed by atoms with Crippen molar-refractivity contribution in [2.75, 3.05) is 31.2 Å². The lowest BCUT2D eigenvalue weighted by Gasteiger charge is -2.23. The maximum absolute atomic E-state index is 11.5. The molecule has 19 heavy (non-hydrogen) atoms. The van der Waals surface area contributed by atoms with E-state index in [0.717, 1.165) is 31.9 Å². The van der Waals surface area contributed by atoms with Gasteiger partial charge in [0.25, 0.3) is 0 Å². The first kappa shape index (κ1) is 13.8. The summed E-state index contributed by atoms with van der Waals surface area (Å²) in [5, 5.41) is 0. The first-order chi connectivity index (χ1) is 9.20. The quantitative estimate of drug-likeness (QED) is 0.780. The normalized spacial score (nSPS) is 19.9. The molecular formula is C14H20N2O3. The second kappa shape index (κ2) is 6.52. The Morgan fingerprint density at radius 2 is 2.42 bits per heavy atom. The lowest BCUT2D eigenvalue weighted by Crippen LogP contribution is -2.30. The third-order valence-corrected chi connectivity index (χ3v) is 3.04. The van der Waals surface area contributed by atoms with Gasteiger partial charge in [0, 0.05) is 25.9 Å². The molecule has 2 heterocycles. The molecule has 0 spiro atoms. The summed E-state index contributed by atoms with van der Waals surface area (Å²) < 4.78 is 10.5. The van der Waals surface area contributed by atoms with E-state index in [9.17, 15) is 4.79 Å². The fourth-order valence-corrected chi connectivity index (χ4v) is 2.11. The van der Waals surface area contributed by atoms with Crippen molar-refractivity contribution in [2.45, 2.75) is 26.4 Å². The van der Waals surface area contributed by atoms with Gasteiger partial charge in [-0.05, 0) is 32.4 Å². The maximum Gasteiger partial charge on any atom is 0.339 e. The van der Waals surface area contributed by atoms with E-state index in [2.05, 4.69) is 16.8 Å². The Morgan fingerprint density at radius 1 is 1.58 bits per heavy atom. The van der Waals surface area contributed by atoms with Crippen molar-refractivity contribution in [3.63, 3.8) is 0 Å². The van der Waals surface area contributed by atoms with Crippen LogP contribution in [-0.4, -0.2) is 43.4 Å².